The Morgan fingerprint density at radius 2 is 2.00 bits per heavy atom. The first-order valence-electron chi connectivity index (χ1n) is 13.2. The number of piperidine rings is 1. The molecule has 9 nitrogen and oxygen atoms in total. The van der Waals surface area contributed by atoms with Gasteiger partial charge in [0.25, 0.3) is 0 Å². The molecule has 38 heavy (non-hydrogen) atoms. The van der Waals surface area contributed by atoms with Gasteiger partial charge in [-0.05, 0) is 62.8 Å². The minimum Gasteiger partial charge on any atom is -0.478 e. The molecule has 0 spiro atoms. The number of ether oxygens (including phenoxy) is 1. The monoisotopic (exact) mass is 517 g/mol. The van der Waals surface area contributed by atoms with Gasteiger partial charge in [0.05, 0.1) is 6.20 Å². The molecule has 2 fully saturated rings. The summed E-state index contributed by atoms with van der Waals surface area (Å²) in [4.78, 5) is 29.2. The predicted molar refractivity (Wildman–Crippen MR) is 145 cm³/mol. The van der Waals surface area contributed by atoms with Crippen molar-refractivity contribution < 1.29 is 19.4 Å². The van der Waals surface area contributed by atoms with Gasteiger partial charge in [0.15, 0.2) is 5.60 Å². The number of benzene rings is 2. The summed E-state index contributed by atoms with van der Waals surface area (Å²) >= 11 is 0. The molecular weight excluding hydrogens is 482 g/mol. The lowest BCUT2D eigenvalue weighted by Gasteiger charge is -2.36. The average Bonchev–Trinajstić information content (AvgIpc) is 3.60. The maximum absolute atomic E-state index is 13.5. The molecule has 1 atom stereocenters. The van der Waals surface area contributed by atoms with E-state index in [1.165, 1.54) is 13.8 Å². The molecule has 2 aromatic carbocycles. The molecule has 3 N–H and O–H groups in total. The number of amides is 2. The molecule has 200 valence electrons. The van der Waals surface area contributed by atoms with Crippen LogP contribution in [0.4, 0.5) is 10.5 Å². The Balaban J connectivity index is 1.25. The standard InChI is InChI=1S/C29H35N5O4/c1-29(2,27(35)36)38-25-10-5-9-24(15-25)33-14-6-8-22(19-33)32-28(37)34(23-12-13-23)18-20-7-3-4-11-26(20)21-16-30-31-17-21/h3-5,7,9-11,15-17,22-23H,6,8,12-14,18-19H2,1-2H3,(H,30,31)(H,32,37)(H,35,36)/t22-/m0/s1. The van der Waals surface area contributed by atoms with Crippen molar-refractivity contribution in [3.8, 4) is 16.9 Å². The second kappa shape index (κ2) is 10.8. The SMILES string of the molecule is CC(C)(Oc1cccc(N2CCC[C@H](NC(=O)N(Cc3ccccc3-c3cn[nH]c3)C3CC3)C2)c1)C(=O)O. The summed E-state index contributed by atoms with van der Waals surface area (Å²) in [5.74, 6) is -0.506. The lowest BCUT2D eigenvalue weighted by atomic mass is 10.0. The number of hydrogen-bond acceptors (Lipinski definition) is 5. The second-order valence-electron chi connectivity index (χ2n) is 10.7. The van der Waals surface area contributed by atoms with E-state index in [4.69, 9.17) is 4.74 Å². The lowest BCUT2D eigenvalue weighted by molar-refractivity contribution is -0.152. The number of carboxylic acid groups (broad SMARTS) is 1. The number of anilines is 1. The Labute approximate surface area is 222 Å². The molecule has 1 saturated heterocycles. The van der Waals surface area contributed by atoms with Gasteiger partial charge >= 0.3 is 12.0 Å². The van der Waals surface area contributed by atoms with Gasteiger partial charge in [-0.3, -0.25) is 5.10 Å². The molecule has 1 saturated carbocycles. The maximum atomic E-state index is 13.5. The molecule has 1 aliphatic heterocycles. The Morgan fingerprint density at radius 3 is 2.74 bits per heavy atom. The van der Waals surface area contributed by atoms with Gasteiger partial charge in [-0.15, -0.1) is 0 Å². The highest BCUT2D eigenvalue weighted by Gasteiger charge is 2.35. The molecule has 0 radical (unpaired) electrons. The lowest BCUT2D eigenvalue weighted by Crippen LogP contribution is -2.52. The Bertz CT molecular complexity index is 1270. The number of carboxylic acids is 1. The van der Waals surface area contributed by atoms with E-state index in [0.29, 0.717) is 18.8 Å². The number of nitrogens with zero attached hydrogens (tertiary/aromatic N) is 3. The number of carbonyl (C=O) groups excluding carboxylic acids is 1. The first-order valence-corrected chi connectivity index (χ1v) is 13.2. The summed E-state index contributed by atoms with van der Waals surface area (Å²) in [6, 6.07) is 15.9. The van der Waals surface area contributed by atoms with E-state index >= 15 is 0 Å². The highest BCUT2D eigenvalue weighted by Crippen LogP contribution is 2.32. The molecular formula is C29H35N5O4. The zero-order valence-electron chi connectivity index (χ0n) is 21.9. The molecule has 3 aromatic rings. The number of aromatic amines is 1. The number of hydrogen-bond donors (Lipinski definition) is 3. The van der Waals surface area contributed by atoms with E-state index in [1.54, 1.807) is 12.3 Å². The van der Waals surface area contributed by atoms with Crippen LogP contribution >= 0.6 is 0 Å². The largest absolute Gasteiger partial charge is 0.478 e. The number of aliphatic carboxylic acids is 1. The van der Waals surface area contributed by atoms with Crippen LogP contribution in [0.25, 0.3) is 11.1 Å². The van der Waals surface area contributed by atoms with E-state index < -0.39 is 11.6 Å². The minimum absolute atomic E-state index is 0.0154. The van der Waals surface area contributed by atoms with Crippen LogP contribution in [0.15, 0.2) is 60.9 Å². The summed E-state index contributed by atoms with van der Waals surface area (Å²) in [6.07, 6.45) is 7.59. The van der Waals surface area contributed by atoms with E-state index in [9.17, 15) is 14.7 Å². The summed E-state index contributed by atoms with van der Waals surface area (Å²) < 4.78 is 5.74. The van der Waals surface area contributed by atoms with E-state index in [2.05, 4.69) is 32.5 Å². The van der Waals surface area contributed by atoms with Crippen molar-refractivity contribution in [1.82, 2.24) is 20.4 Å². The van der Waals surface area contributed by atoms with Gasteiger partial charge in [-0.2, -0.15) is 5.10 Å². The number of nitrogens with one attached hydrogen (secondary N) is 2. The topological polar surface area (TPSA) is 111 Å². The molecule has 5 rings (SSSR count). The van der Waals surface area contributed by atoms with Crippen molar-refractivity contribution in [3.63, 3.8) is 0 Å². The van der Waals surface area contributed by atoms with Crippen molar-refractivity contribution in [2.24, 2.45) is 0 Å². The third-order valence-corrected chi connectivity index (χ3v) is 7.24. The predicted octanol–water partition coefficient (Wildman–Crippen LogP) is 4.66. The molecule has 2 heterocycles. The van der Waals surface area contributed by atoms with Gasteiger partial charge in [0.1, 0.15) is 5.75 Å². The summed E-state index contributed by atoms with van der Waals surface area (Å²) in [6.45, 7) is 5.17. The molecule has 2 aliphatic rings. The van der Waals surface area contributed by atoms with Crippen LogP contribution in [0.2, 0.25) is 0 Å². The molecule has 1 aromatic heterocycles. The highest BCUT2D eigenvalue weighted by atomic mass is 16.5. The molecule has 9 heteroatoms. The zero-order valence-corrected chi connectivity index (χ0v) is 21.9. The number of aromatic nitrogens is 2. The first kappa shape index (κ1) is 25.6. The van der Waals surface area contributed by atoms with Crippen LogP contribution in [-0.2, 0) is 11.3 Å². The third kappa shape index (κ3) is 5.93. The van der Waals surface area contributed by atoms with Crippen LogP contribution in [0.5, 0.6) is 5.75 Å². The van der Waals surface area contributed by atoms with E-state index in [0.717, 1.165) is 54.6 Å². The average molecular weight is 518 g/mol. The van der Waals surface area contributed by atoms with Crippen molar-refractivity contribution in [1.29, 1.82) is 0 Å². The smallest absolute Gasteiger partial charge is 0.347 e. The number of urea groups is 1. The van der Waals surface area contributed by atoms with Crippen molar-refractivity contribution in [3.05, 3.63) is 66.5 Å². The Kier molecular flexibility index (Phi) is 7.26. The Morgan fingerprint density at radius 1 is 1.18 bits per heavy atom. The van der Waals surface area contributed by atoms with Crippen LogP contribution in [0, 0.1) is 0 Å². The van der Waals surface area contributed by atoms with Crippen molar-refractivity contribution >= 4 is 17.7 Å². The highest BCUT2D eigenvalue weighted by molar-refractivity contribution is 5.77. The van der Waals surface area contributed by atoms with E-state index in [-0.39, 0.29) is 18.1 Å². The van der Waals surface area contributed by atoms with Crippen molar-refractivity contribution in [2.75, 3.05) is 18.0 Å². The van der Waals surface area contributed by atoms with Gasteiger partial charge < -0.3 is 25.0 Å². The number of carbonyl (C=O) groups is 2. The summed E-state index contributed by atoms with van der Waals surface area (Å²) in [5, 5.41) is 19.7. The summed E-state index contributed by atoms with van der Waals surface area (Å²) in [7, 11) is 0. The van der Waals surface area contributed by atoms with E-state index in [1.807, 2.05) is 41.4 Å². The zero-order chi connectivity index (χ0) is 26.7. The Hall–Kier alpha value is -4.01. The quantitative estimate of drug-likeness (QED) is 0.381. The molecule has 0 unspecified atom stereocenters. The fourth-order valence-electron chi connectivity index (χ4n) is 4.94. The second-order valence-corrected chi connectivity index (χ2v) is 10.7. The van der Waals surface area contributed by atoms with Gasteiger partial charge in [-0.25, -0.2) is 9.59 Å². The normalized spacial score (nSPS) is 17.6. The number of rotatable bonds is 9. The van der Waals surface area contributed by atoms with Crippen LogP contribution in [0.1, 0.15) is 45.1 Å². The van der Waals surface area contributed by atoms with Crippen molar-refractivity contribution in [2.45, 2.75) is 63.8 Å². The van der Waals surface area contributed by atoms with Gasteiger partial charge in [0.2, 0.25) is 0 Å². The molecule has 0 bridgehead atoms. The van der Waals surface area contributed by atoms with Gasteiger partial charge in [0, 0.05) is 55.2 Å². The maximum Gasteiger partial charge on any atom is 0.347 e. The fraction of sp³-hybridized carbons (Fsp3) is 0.414. The van der Waals surface area contributed by atoms with Crippen LogP contribution in [-0.4, -0.2) is 63.0 Å². The van der Waals surface area contributed by atoms with Gasteiger partial charge in [-0.1, -0.05) is 30.3 Å². The van der Waals surface area contributed by atoms with Crippen LogP contribution in [0.3, 0.4) is 0 Å². The van der Waals surface area contributed by atoms with Crippen LogP contribution < -0.4 is 15.0 Å². The molecule has 2 amide bonds. The first-order chi connectivity index (χ1) is 18.3. The third-order valence-electron chi connectivity index (χ3n) is 7.24. The summed E-state index contributed by atoms with van der Waals surface area (Å²) in [5.41, 5.74) is 2.83. The minimum atomic E-state index is -1.32. The fourth-order valence-corrected chi connectivity index (χ4v) is 4.94. The molecule has 1 aliphatic carbocycles. The number of H-pyrrole nitrogens is 1.